The van der Waals surface area contributed by atoms with Crippen LogP contribution >= 0.6 is 0 Å². The zero-order valence-corrected chi connectivity index (χ0v) is 19.4. The second-order valence-electron chi connectivity index (χ2n) is 8.68. The molecule has 34 heavy (non-hydrogen) atoms. The number of rotatable bonds is 6. The number of benzene rings is 2. The minimum Gasteiger partial charge on any atom is -0.454 e. The maximum atomic E-state index is 12.7. The molecule has 1 aromatic heterocycles. The Balaban J connectivity index is 1.15. The molecule has 176 valence electrons. The van der Waals surface area contributed by atoms with Crippen LogP contribution in [0.1, 0.15) is 29.5 Å². The summed E-state index contributed by atoms with van der Waals surface area (Å²) < 4.78 is 16.8. The van der Waals surface area contributed by atoms with Crippen molar-refractivity contribution in [2.45, 2.75) is 33.2 Å². The van der Waals surface area contributed by atoms with Crippen molar-refractivity contribution in [1.82, 2.24) is 15.3 Å². The maximum Gasteiger partial charge on any atom is 0.231 e. The number of nitrogens with zero attached hydrogens (tertiary/aromatic N) is 3. The molecule has 0 atom stereocenters. The first-order valence-corrected chi connectivity index (χ1v) is 11.5. The average molecular weight is 461 g/mol. The topological polar surface area (TPSA) is 85.8 Å². The number of piperidine rings is 1. The van der Waals surface area contributed by atoms with E-state index in [0.29, 0.717) is 12.4 Å². The lowest BCUT2D eigenvalue weighted by molar-refractivity contribution is -0.125. The van der Waals surface area contributed by atoms with E-state index in [1.165, 1.54) is 11.9 Å². The number of hydrogen-bond acceptors (Lipinski definition) is 7. The molecule has 8 nitrogen and oxygen atoms in total. The summed E-state index contributed by atoms with van der Waals surface area (Å²) in [6, 6.07) is 13.6. The maximum absolute atomic E-state index is 12.7. The van der Waals surface area contributed by atoms with Crippen LogP contribution in [0, 0.1) is 19.8 Å². The number of carbonyl (C=O) groups is 1. The molecule has 3 heterocycles. The van der Waals surface area contributed by atoms with Crippen LogP contribution in [0.25, 0.3) is 0 Å². The van der Waals surface area contributed by atoms with Crippen molar-refractivity contribution in [3.63, 3.8) is 0 Å². The van der Waals surface area contributed by atoms with Gasteiger partial charge in [-0.2, -0.15) is 0 Å². The van der Waals surface area contributed by atoms with Gasteiger partial charge in [0.2, 0.25) is 18.6 Å². The summed E-state index contributed by atoms with van der Waals surface area (Å²) in [5, 5.41) is 3.06. The third-order valence-corrected chi connectivity index (χ3v) is 6.49. The van der Waals surface area contributed by atoms with E-state index in [2.05, 4.69) is 33.2 Å². The Morgan fingerprint density at radius 1 is 1.09 bits per heavy atom. The highest BCUT2D eigenvalue weighted by molar-refractivity contribution is 5.79. The minimum absolute atomic E-state index is 0.0160. The van der Waals surface area contributed by atoms with Gasteiger partial charge in [-0.05, 0) is 61.6 Å². The summed E-state index contributed by atoms with van der Waals surface area (Å²) in [4.78, 5) is 23.6. The number of anilines is 1. The zero-order chi connectivity index (χ0) is 23.5. The van der Waals surface area contributed by atoms with Crippen molar-refractivity contribution in [2.75, 3.05) is 24.8 Å². The molecule has 1 N–H and O–H groups in total. The Morgan fingerprint density at radius 2 is 1.91 bits per heavy atom. The van der Waals surface area contributed by atoms with Crippen molar-refractivity contribution in [3.8, 4) is 23.1 Å². The molecule has 0 spiro atoms. The van der Waals surface area contributed by atoms with Gasteiger partial charge in [-0.1, -0.05) is 18.2 Å². The SMILES string of the molecule is Cc1cccc(Oc2cc(N3CCC(C(=O)NCc4ccc5c(c4)OCO5)CC3)ncn2)c1C. The third kappa shape index (κ3) is 4.76. The Kier molecular flexibility index (Phi) is 6.20. The first-order valence-electron chi connectivity index (χ1n) is 11.5. The molecule has 0 unspecified atom stereocenters. The van der Waals surface area contributed by atoms with E-state index < -0.39 is 0 Å². The Morgan fingerprint density at radius 3 is 2.76 bits per heavy atom. The Labute approximate surface area is 198 Å². The molecule has 2 aliphatic heterocycles. The molecule has 0 bridgehead atoms. The summed E-state index contributed by atoms with van der Waals surface area (Å²) in [5.41, 5.74) is 3.26. The average Bonchev–Trinajstić information content (AvgIpc) is 3.34. The van der Waals surface area contributed by atoms with Crippen LogP contribution in [0.5, 0.6) is 23.1 Å². The largest absolute Gasteiger partial charge is 0.454 e. The fraction of sp³-hybridized carbons (Fsp3) is 0.346. The number of fused-ring (bicyclic) bond motifs is 1. The van der Waals surface area contributed by atoms with Crippen LogP contribution in [-0.4, -0.2) is 35.8 Å². The molecule has 2 aromatic carbocycles. The van der Waals surface area contributed by atoms with Crippen molar-refractivity contribution in [2.24, 2.45) is 5.92 Å². The molecule has 5 rings (SSSR count). The van der Waals surface area contributed by atoms with E-state index in [1.807, 2.05) is 43.3 Å². The van der Waals surface area contributed by atoms with E-state index in [-0.39, 0.29) is 18.6 Å². The standard InChI is InChI=1S/C26H28N4O4/c1-17-4-3-5-21(18(17)2)34-25-13-24(28-15-29-25)30-10-8-20(9-11-30)26(31)27-14-19-6-7-22-23(12-19)33-16-32-22/h3-7,12-13,15,20H,8-11,14,16H2,1-2H3,(H,27,31). The lowest BCUT2D eigenvalue weighted by atomic mass is 9.96. The molecule has 0 radical (unpaired) electrons. The first kappa shape index (κ1) is 22.0. The highest BCUT2D eigenvalue weighted by atomic mass is 16.7. The molecular formula is C26H28N4O4. The monoisotopic (exact) mass is 460 g/mol. The van der Waals surface area contributed by atoms with Gasteiger partial charge in [0.25, 0.3) is 0 Å². The van der Waals surface area contributed by atoms with Crippen LogP contribution in [0.4, 0.5) is 5.82 Å². The normalized spacial score (nSPS) is 15.3. The second-order valence-corrected chi connectivity index (χ2v) is 8.68. The lowest BCUT2D eigenvalue weighted by Gasteiger charge is -2.32. The van der Waals surface area contributed by atoms with Crippen LogP contribution in [0.15, 0.2) is 48.8 Å². The first-order chi connectivity index (χ1) is 16.6. The summed E-state index contributed by atoms with van der Waals surface area (Å²) in [7, 11) is 0. The minimum atomic E-state index is -0.0160. The number of ether oxygens (including phenoxy) is 3. The molecule has 8 heteroatoms. The van der Waals surface area contributed by atoms with Gasteiger partial charge in [-0.15, -0.1) is 0 Å². The number of nitrogens with one attached hydrogen (secondary N) is 1. The summed E-state index contributed by atoms with van der Waals surface area (Å²) in [6.07, 6.45) is 3.06. The van der Waals surface area contributed by atoms with Crippen molar-refractivity contribution in [1.29, 1.82) is 0 Å². The van der Waals surface area contributed by atoms with Crippen LogP contribution in [0.2, 0.25) is 0 Å². The smallest absolute Gasteiger partial charge is 0.231 e. The molecule has 1 saturated heterocycles. The number of aromatic nitrogens is 2. The van der Waals surface area contributed by atoms with Crippen molar-refractivity contribution >= 4 is 11.7 Å². The molecule has 3 aromatic rings. The van der Waals surface area contributed by atoms with E-state index in [1.54, 1.807) is 0 Å². The van der Waals surface area contributed by atoms with Crippen molar-refractivity contribution in [3.05, 3.63) is 65.5 Å². The van der Waals surface area contributed by atoms with Crippen molar-refractivity contribution < 1.29 is 19.0 Å². The van der Waals surface area contributed by atoms with Gasteiger partial charge in [0.15, 0.2) is 11.5 Å². The van der Waals surface area contributed by atoms with E-state index in [0.717, 1.165) is 60.1 Å². The van der Waals surface area contributed by atoms with Crippen LogP contribution in [0.3, 0.4) is 0 Å². The van der Waals surface area contributed by atoms with E-state index >= 15 is 0 Å². The summed E-state index contributed by atoms with van der Waals surface area (Å²) in [5.74, 6) is 3.66. The van der Waals surface area contributed by atoms with Gasteiger partial charge >= 0.3 is 0 Å². The number of hydrogen-bond donors (Lipinski definition) is 1. The fourth-order valence-corrected chi connectivity index (χ4v) is 4.26. The molecule has 2 aliphatic rings. The van der Waals surface area contributed by atoms with E-state index in [4.69, 9.17) is 14.2 Å². The Bertz CT molecular complexity index is 1190. The summed E-state index contributed by atoms with van der Waals surface area (Å²) >= 11 is 0. The Hall–Kier alpha value is -3.81. The highest BCUT2D eigenvalue weighted by Crippen LogP contribution is 2.32. The molecular weight excluding hydrogens is 432 g/mol. The predicted molar refractivity (Wildman–Crippen MR) is 127 cm³/mol. The van der Waals surface area contributed by atoms with Gasteiger partial charge in [-0.25, -0.2) is 9.97 Å². The molecule has 1 amide bonds. The highest BCUT2D eigenvalue weighted by Gasteiger charge is 2.26. The van der Waals surface area contributed by atoms with Gasteiger partial charge in [0, 0.05) is 31.6 Å². The van der Waals surface area contributed by atoms with Gasteiger partial charge in [-0.3, -0.25) is 4.79 Å². The van der Waals surface area contributed by atoms with E-state index in [9.17, 15) is 4.79 Å². The summed E-state index contributed by atoms with van der Waals surface area (Å²) in [6.45, 7) is 6.32. The molecule has 0 aliphatic carbocycles. The number of carbonyl (C=O) groups excluding carboxylic acids is 1. The predicted octanol–water partition coefficient (Wildman–Crippen LogP) is 4.15. The fourth-order valence-electron chi connectivity index (χ4n) is 4.26. The lowest BCUT2D eigenvalue weighted by Crippen LogP contribution is -2.40. The van der Waals surface area contributed by atoms with Gasteiger partial charge < -0.3 is 24.4 Å². The quantitative estimate of drug-likeness (QED) is 0.591. The van der Waals surface area contributed by atoms with Crippen LogP contribution < -0.4 is 24.4 Å². The van der Waals surface area contributed by atoms with Crippen LogP contribution in [-0.2, 0) is 11.3 Å². The molecule has 0 saturated carbocycles. The number of aryl methyl sites for hydroxylation is 1. The number of amides is 1. The third-order valence-electron chi connectivity index (χ3n) is 6.49. The van der Waals surface area contributed by atoms with Gasteiger partial charge in [0.1, 0.15) is 17.9 Å². The molecule has 1 fully saturated rings. The zero-order valence-electron chi connectivity index (χ0n) is 19.4. The second kappa shape index (κ2) is 9.59. The van der Waals surface area contributed by atoms with Gasteiger partial charge in [0.05, 0.1) is 0 Å².